The summed E-state index contributed by atoms with van der Waals surface area (Å²) < 4.78 is 0. The largest absolute Gasteiger partial charge is 0.507 e. The van der Waals surface area contributed by atoms with Crippen LogP contribution in [0.3, 0.4) is 0 Å². The number of para-hydroxylation sites is 1. The van der Waals surface area contributed by atoms with Gasteiger partial charge in [-0.3, -0.25) is 0 Å². The van der Waals surface area contributed by atoms with E-state index in [1.54, 1.807) is 0 Å². The number of aliphatic hydroxyl groups is 1. The van der Waals surface area contributed by atoms with Gasteiger partial charge in [0, 0.05) is 17.1 Å². The maximum Gasteiger partial charge on any atom is 0.123 e. The van der Waals surface area contributed by atoms with Crippen molar-refractivity contribution in [3.05, 3.63) is 94.5 Å². The van der Waals surface area contributed by atoms with Gasteiger partial charge in [-0.25, -0.2) is 0 Å². The van der Waals surface area contributed by atoms with E-state index in [0.29, 0.717) is 14.3 Å². The summed E-state index contributed by atoms with van der Waals surface area (Å²) in [5, 5.41) is 22.8. The van der Waals surface area contributed by atoms with Crippen LogP contribution < -0.4 is 5.30 Å². The first-order valence-corrected chi connectivity index (χ1v) is 11.8. The van der Waals surface area contributed by atoms with Gasteiger partial charge in [-0.05, 0) is 54.2 Å². The highest BCUT2D eigenvalue weighted by atomic mass is 31.1. The van der Waals surface area contributed by atoms with Crippen LogP contribution in [-0.2, 0) is 11.6 Å². The molecule has 3 aromatic rings. The molecule has 0 amide bonds. The highest BCUT2D eigenvalue weighted by Crippen LogP contribution is 2.51. The van der Waals surface area contributed by atoms with Crippen molar-refractivity contribution in [2.75, 3.05) is 0 Å². The minimum Gasteiger partial charge on any atom is -0.507 e. The molecule has 30 heavy (non-hydrogen) atoms. The van der Waals surface area contributed by atoms with Crippen molar-refractivity contribution in [3.8, 4) is 5.75 Å². The normalized spacial score (nSPS) is 13.1. The van der Waals surface area contributed by atoms with Crippen molar-refractivity contribution in [2.45, 2.75) is 58.2 Å². The minimum absolute atomic E-state index is 0.160. The average Bonchev–Trinajstić information content (AvgIpc) is 2.75. The molecule has 2 unspecified atom stereocenters. The van der Waals surface area contributed by atoms with Crippen molar-refractivity contribution in [1.82, 2.24) is 0 Å². The molecular weight excluding hydrogens is 387 g/mol. The number of benzene rings is 3. The lowest BCUT2D eigenvalue weighted by Gasteiger charge is -2.35. The molecule has 3 aromatic carbocycles. The lowest BCUT2D eigenvalue weighted by atomic mass is 9.89. The number of aryl methyl sites for hydroxylation is 1. The fourth-order valence-electron chi connectivity index (χ4n) is 4.26. The Morgan fingerprint density at radius 2 is 1.57 bits per heavy atom. The quantitative estimate of drug-likeness (QED) is 0.416. The summed E-state index contributed by atoms with van der Waals surface area (Å²) in [6, 6.07) is 22.6. The Kier molecular flexibility index (Phi) is 7.34. The Balaban J connectivity index is 2.06. The van der Waals surface area contributed by atoms with Crippen LogP contribution in [-0.4, -0.2) is 10.2 Å². The third-order valence-corrected chi connectivity index (χ3v) is 8.59. The third kappa shape index (κ3) is 4.61. The zero-order valence-corrected chi connectivity index (χ0v) is 19.4. The number of aliphatic hydroxyl groups excluding tert-OH is 1. The number of hydrogen-bond acceptors (Lipinski definition) is 2. The van der Waals surface area contributed by atoms with Crippen molar-refractivity contribution >= 4 is 13.9 Å². The molecule has 0 spiro atoms. The first-order chi connectivity index (χ1) is 14.4. The Hall–Kier alpha value is -2.15. The lowest BCUT2D eigenvalue weighted by Crippen LogP contribution is -2.25. The van der Waals surface area contributed by atoms with Gasteiger partial charge >= 0.3 is 0 Å². The molecule has 0 aromatic heterocycles. The van der Waals surface area contributed by atoms with E-state index >= 15 is 0 Å². The van der Waals surface area contributed by atoms with Crippen molar-refractivity contribution < 1.29 is 10.2 Å². The molecule has 0 radical (unpaired) electrons. The van der Waals surface area contributed by atoms with Crippen molar-refractivity contribution in [3.63, 3.8) is 0 Å². The molecule has 0 aliphatic carbocycles. The average molecular weight is 421 g/mol. The smallest absolute Gasteiger partial charge is 0.123 e. The molecule has 0 bridgehead atoms. The van der Waals surface area contributed by atoms with Crippen LogP contribution in [0.5, 0.6) is 5.75 Å². The van der Waals surface area contributed by atoms with Gasteiger partial charge in [0.15, 0.2) is 0 Å². The van der Waals surface area contributed by atoms with E-state index in [0.717, 1.165) is 36.0 Å². The predicted octanol–water partition coefficient (Wildman–Crippen LogP) is 6.36. The van der Waals surface area contributed by atoms with Gasteiger partial charge in [0.2, 0.25) is 0 Å². The van der Waals surface area contributed by atoms with E-state index in [-0.39, 0.29) is 5.16 Å². The summed E-state index contributed by atoms with van der Waals surface area (Å²) in [7, 11) is 0.474. The SMILES string of the molecule is CCC(CC)(Pc1c(C)cccc1C(C)O)c1cccc(Cc2ccccc2)c1O. The van der Waals surface area contributed by atoms with Crippen LogP contribution in [0.15, 0.2) is 66.7 Å². The van der Waals surface area contributed by atoms with E-state index in [4.69, 9.17) is 0 Å². The van der Waals surface area contributed by atoms with E-state index in [2.05, 4.69) is 51.1 Å². The van der Waals surface area contributed by atoms with E-state index in [1.807, 2.05) is 43.3 Å². The predicted molar refractivity (Wildman–Crippen MR) is 129 cm³/mol. The topological polar surface area (TPSA) is 40.5 Å². The fourth-order valence-corrected chi connectivity index (χ4v) is 6.15. The second-order valence-electron chi connectivity index (χ2n) is 8.11. The Labute approximate surface area is 182 Å². The van der Waals surface area contributed by atoms with E-state index < -0.39 is 6.10 Å². The van der Waals surface area contributed by atoms with Gasteiger partial charge in [-0.2, -0.15) is 0 Å². The molecule has 0 saturated carbocycles. The monoisotopic (exact) mass is 420 g/mol. The molecule has 2 N–H and O–H groups in total. The van der Waals surface area contributed by atoms with E-state index in [9.17, 15) is 10.2 Å². The highest BCUT2D eigenvalue weighted by molar-refractivity contribution is 7.48. The van der Waals surface area contributed by atoms with Gasteiger partial charge in [0.05, 0.1) is 6.10 Å². The number of phenolic OH excluding ortho intramolecular Hbond substituents is 1. The van der Waals surface area contributed by atoms with Gasteiger partial charge in [-0.15, -0.1) is 0 Å². The zero-order valence-electron chi connectivity index (χ0n) is 18.4. The first kappa shape index (κ1) is 22.5. The van der Waals surface area contributed by atoms with Crippen LogP contribution in [0.1, 0.15) is 67.5 Å². The Morgan fingerprint density at radius 1 is 0.900 bits per heavy atom. The number of aromatic hydroxyl groups is 1. The second-order valence-corrected chi connectivity index (χ2v) is 9.81. The van der Waals surface area contributed by atoms with Crippen LogP contribution in [0.4, 0.5) is 0 Å². The van der Waals surface area contributed by atoms with Crippen molar-refractivity contribution in [2.24, 2.45) is 0 Å². The number of rotatable bonds is 8. The van der Waals surface area contributed by atoms with Gasteiger partial charge < -0.3 is 10.2 Å². The Morgan fingerprint density at radius 3 is 2.20 bits per heavy atom. The minimum atomic E-state index is -0.503. The summed E-state index contributed by atoms with van der Waals surface area (Å²) in [5.74, 6) is 0.421. The van der Waals surface area contributed by atoms with Gasteiger partial charge in [-0.1, -0.05) is 89.2 Å². The van der Waals surface area contributed by atoms with Gasteiger partial charge in [0.25, 0.3) is 0 Å². The van der Waals surface area contributed by atoms with Crippen molar-refractivity contribution in [1.29, 1.82) is 0 Å². The summed E-state index contributed by atoms with van der Waals surface area (Å²) in [5.41, 5.74) is 5.40. The van der Waals surface area contributed by atoms with Crippen LogP contribution in [0.2, 0.25) is 0 Å². The molecule has 0 aliphatic heterocycles. The maximum atomic E-state index is 11.3. The number of phenols is 1. The molecule has 0 aliphatic rings. The highest BCUT2D eigenvalue weighted by Gasteiger charge is 2.33. The summed E-state index contributed by atoms with van der Waals surface area (Å²) in [6.07, 6.45) is 2.07. The van der Waals surface area contributed by atoms with Crippen LogP contribution in [0, 0.1) is 6.92 Å². The third-order valence-electron chi connectivity index (χ3n) is 6.20. The second kappa shape index (κ2) is 9.77. The maximum absolute atomic E-state index is 11.3. The standard InChI is InChI=1S/C27H33O2P/c1-5-27(6-2,30-26-19(3)12-10-16-23(26)20(4)28)24-17-11-15-22(25(24)29)18-21-13-8-7-9-14-21/h7-17,20,28-30H,5-6,18H2,1-4H3. The van der Waals surface area contributed by atoms with E-state index in [1.165, 1.54) is 16.4 Å². The molecule has 2 nitrogen and oxygen atoms in total. The number of hydrogen-bond donors (Lipinski definition) is 2. The first-order valence-electron chi connectivity index (χ1n) is 10.8. The summed E-state index contributed by atoms with van der Waals surface area (Å²) in [6.45, 7) is 8.37. The lowest BCUT2D eigenvalue weighted by molar-refractivity contribution is 0.200. The molecule has 3 rings (SSSR count). The van der Waals surface area contributed by atoms with Crippen LogP contribution >= 0.6 is 8.58 Å². The molecule has 2 atom stereocenters. The van der Waals surface area contributed by atoms with Gasteiger partial charge in [0.1, 0.15) is 5.75 Å². The molecule has 0 saturated heterocycles. The molecule has 3 heteroatoms. The molecule has 0 fully saturated rings. The molecular formula is C27H33O2P. The molecule has 0 heterocycles. The zero-order chi connectivity index (χ0) is 21.7. The van der Waals surface area contributed by atoms with Crippen LogP contribution in [0.25, 0.3) is 0 Å². The molecule has 158 valence electrons. The summed E-state index contributed by atoms with van der Waals surface area (Å²) in [4.78, 5) is 0. The summed E-state index contributed by atoms with van der Waals surface area (Å²) >= 11 is 0. The Bertz CT molecular complexity index is 975. The fraction of sp³-hybridized carbons (Fsp3) is 0.333.